The number of nitrogens with one attached hydrogen (secondary N) is 1. The number of rotatable bonds is 4. The number of ether oxygens (including phenoxy) is 2. The average molecular weight is 353 g/mol. The van der Waals surface area contributed by atoms with Gasteiger partial charge in [0.1, 0.15) is 5.65 Å². The highest BCUT2D eigenvalue weighted by Crippen LogP contribution is 2.32. The molecule has 1 N–H and O–H groups in total. The van der Waals surface area contributed by atoms with E-state index in [0.717, 1.165) is 42.5 Å². The largest absolute Gasteiger partial charge is 0.462 e. The van der Waals surface area contributed by atoms with Gasteiger partial charge in [-0.05, 0) is 38.0 Å². The summed E-state index contributed by atoms with van der Waals surface area (Å²) in [4.78, 5) is 34.4. The van der Waals surface area contributed by atoms with Crippen molar-refractivity contribution in [2.24, 2.45) is 0 Å². The van der Waals surface area contributed by atoms with Crippen LogP contribution in [0.15, 0.2) is 41.7 Å². The van der Waals surface area contributed by atoms with Crippen molar-refractivity contribution in [3.05, 3.63) is 47.3 Å². The third kappa shape index (κ3) is 2.75. The molecule has 1 saturated heterocycles. The zero-order valence-corrected chi connectivity index (χ0v) is 14.4. The van der Waals surface area contributed by atoms with Gasteiger partial charge in [-0.1, -0.05) is 0 Å². The van der Waals surface area contributed by atoms with E-state index in [1.165, 1.54) is 0 Å². The fraction of sp³-hybridized carbons (Fsp3) is 0.316. The summed E-state index contributed by atoms with van der Waals surface area (Å²) in [6, 6.07) is 3.74. The van der Waals surface area contributed by atoms with Crippen molar-refractivity contribution < 1.29 is 19.1 Å². The van der Waals surface area contributed by atoms with Gasteiger partial charge in [-0.25, -0.2) is 9.78 Å². The van der Waals surface area contributed by atoms with Gasteiger partial charge in [-0.2, -0.15) is 0 Å². The lowest BCUT2D eigenvalue weighted by atomic mass is 10.1. The van der Waals surface area contributed by atoms with Crippen LogP contribution in [0.3, 0.4) is 0 Å². The van der Waals surface area contributed by atoms with Crippen LogP contribution in [0.5, 0.6) is 0 Å². The van der Waals surface area contributed by atoms with E-state index < -0.39 is 11.8 Å². The van der Waals surface area contributed by atoms with Crippen molar-refractivity contribution in [2.75, 3.05) is 19.7 Å². The molecule has 2 aromatic rings. The van der Waals surface area contributed by atoms with Crippen LogP contribution in [0.1, 0.15) is 25.3 Å². The molecular formula is C19H19N3O4. The molecule has 0 atom stereocenters. The molecule has 0 aliphatic carbocycles. The molecule has 0 saturated carbocycles. The molecule has 0 spiro atoms. The number of allylic oxidation sites excluding steroid dienone is 1. The van der Waals surface area contributed by atoms with Crippen LogP contribution >= 0.6 is 0 Å². The van der Waals surface area contributed by atoms with E-state index in [9.17, 15) is 9.59 Å². The van der Waals surface area contributed by atoms with Crippen molar-refractivity contribution in [1.29, 1.82) is 0 Å². The van der Waals surface area contributed by atoms with E-state index in [0.29, 0.717) is 5.88 Å². The minimum Gasteiger partial charge on any atom is -0.462 e. The Morgan fingerprint density at radius 1 is 1.42 bits per heavy atom. The van der Waals surface area contributed by atoms with E-state index in [4.69, 9.17) is 9.47 Å². The molecule has 0 unspecified atom stereocenters. The molecule has 7 nitrogen and oxygen atoms in total. The molecule has 134 valence electrons. The maximum absolute atomic E-state index is 12.8. The number of likely N-dealkylation sites (tertiary alicyclic amines) is 1. The summed E-state index contributed by atoms with van der Waals surface area (Å²) < 4.78 is 10.9. The molecule has 7 heteroatoms. The van der Waals surface area contributed by atoms with E-state index in [-0.39, 0.29) is 17.9 Å². The second kappa shape index (κ2) is 6.67. The molecule has 2 aromatic heterocycles. The normalized spacial score (nSPS) is 18.9. The number of nitrogens with zero attached hydrogens (tertiary/aromatic N) is 2. The van der Waals surface area contributed by atoms with Crippen molar-refractivity contribution >= 4 is 28.9 Å². The summed E-state index contributed by atoms with van der Waals surface area (Å²) in [7, 11) is 0. The first-order valence-electron chi connectivity index (χ1n) is 8.71. The molecule has 2 aliphatic heterocycles. The lowest BCUT2D eigenvalue weighted by Crippen LogP contribution is -2.23. The highest BCUT2D eigenvalue weighted by molar-refractivity contribution is 6.26. The summed E-state index contributed by atoms with van der Waals surface area (Å²) in [6.07, 6.45) is 7.11. The molecule has 0 radical (unpaired) electrons. The van der Waals surface area contributed by atoms with Crippen molar-refractivity contribution in [3.63, 3.8) is 0 Å². The van der Waals surface area contributed by atoms with Crippen molar-refractivity contribution in [3.8, 4) is 0 Å². The second-order valence-electron chi connectivity index (χ2n) is 6.18. The Hall–Kier alpha value is -3.09. The quantitative estimate of drug-likeness (QED) is 0.516. The number of carbonyl (C=O) groups excluding carboxylic acids is 2. The first kappa shape index (κ1) is 16.4. The molecule has 4 heterocycles. The minimum atomic E-state index is -0.636. The Kier molecular flexibility index (Phi) is 4.20. The van der Waals surface area contributed by atoms with Crippen LogP contribution in [0.4, 0.5) is 0 Å². The number of H-pyrrole nitrogens is 1. The Balaban J connectivity index is 1.71. The molecule has 2 aliphatic rings. The Morgan fingerprint density at radius 3 is 3.00 bits per heavy atom. The van der Waals surface area contributed by atoms with E-state index >= 15 is 0 Å². The van der Waals surface area contributed by atoms with Crippen LogP contribution < -0.4 is 0 Å². The second-order valence-corrected chi connectivity index (χ2v) is 6.18. The monoisotopic (exact) mass is 353 g/mol. The minimum absolute atomic E-state index is 0.0158. The van der Waals surface area contributed by atoms with E-state index in [2.05, 4.69) is 9.97 Å². The van der Waals surface area contributed by atoms with Crippen LogP contribution in [-0.2, 0) is 19.1 Å². The van der Waals surface area contributed by atoms with Crippen molar-refractivity contribution in [2.45, 2.75) is 19.8 Å². The van der Waals surface area contributed by atoms with Crippen LogP contribution in [0.25, 0.3) is 17.1 Å². The molecule has 0 aromatic carbocycles. The first-order valence-corrected chi connectivity index (χ1v) is 8.71. The molecule has 0 amide bonds. The maximum atomic E-state index is 12.8. The van der Waals surface area contributed by atoms with Gasteiger partial charge in [0.05, 0.1) is 6.61 Å². The third-order valence-corrected chi connectivity index (χ3v) is 4.51. The van der Waals surface area contributed by atoms with Crippen LogP contribution in [0.2, 0.25) is 0 Å². The number of aromatic nitrogens is 2. The highest BCUT2D eigenvalue weighted by Gasteiger charge is 2.39. The lowest BCUT2D eigenvalue weighted by Gasteiger charge is -2.18. The molecule has 0 bridgehead atoms. The Labute approximate surface area is 150 Å². The Morgan fingerprint density at radius 2 is 2.23 bits per heavy atom. The third-order valence-electron chi connectivity index (χ3n) is 4.51. The van der Waals surface area contributed by atoms with Gasteiger partial charge in [-0.15, -0.1) is 0 Å². The summed E-state index contributed by atoms with van der Waals surface area (Å²) >= 11 is 0. The van der Waals surface area contributed by atoms with E-state index in [1.807, 2.05) is 17.0 Å². The zero-order chi connectivity index (χ0) is 18.1. The summed E-state index contributed by atoms with van der Waals surface area (Å²) in [5.41, 5.74) is 1.49. The summed E-state index contributed by atoms with van der Waals surface area (Å²) in [6.45, 7) is 3.44. The SMILES string of the molecule is CCOC(=O)C1=C(N2CCCC2)O/C(=C\c2c[nH]c3ncccc23)C1=O. The van der Waals surface area contributed by atoms with Crippen LogP contribution in [-0.4, -0.2) is 46.3 Å². The predicted octanol–water partition coefficient (Wildman–Crippen LogP) is 2.37. The number of carbonyl (C=O) groups is 2. The van der Waals surface area contributed by atoms with Gasteiger partial charge >= 0.3 is 5.97 Å². The van der Waals surface area contributed by atoms with Gasteiger partial charge < -0.3 is 19.4 Å². The van der Waals surface area contributed by atoms with E-state index in [1.54, 1.807) is 25.4 Å². The number of pyridine rings is 1. The summed E-state index contributed by atoms with van der Waals surface area (Å²) in [5, 5.41) is 0.878. The average Bonchev–Trinajstić information content (AvgIpc) is 3.36. The van der Waals surface area contributed by atoms with Gasteiger partial charge in [0.15, 0.2) is 11.3 Å². The molecular weight excluding hydrogens is 334 g/mol. The number of hydrogen-bond acceptors (Lipinski definition) is 6. The number of Topliss-reactive ketones (excluding diaryl/α,β-unsaturated/α-hetero) is 1. The van der Waals surface area contributed by atoms with Gasteiger partial charge in [-0.3, -0.25) is 4.79 Å². The highest BCUT2D eigenvalue weighted by atomic mass is 16.5. The molecule has 26 heavy (non-hydrogen) atoms. The smallest absolute Gasteiger partial charge is 0.347 e. The summed E-state index contributed by atoms with van der Waals surface area (Å²) in [5.74, 6) is -0.637. The number of hydrogen-bond donors (Lipinski definition) is 1. The number of esters is 1. The topological polar surface area (TPSA) is 84.5 Å². The number of ketones is 1. The maximum Gasteiger partial charge on any atom is 0.347 e. The molecule has 1 fully saturated rings. The standard InChI is InChI=1S/C19H19N3O4/c1-2-25-19(24)15-16(23)14(26-18(15)22-8-3-4-9-22)10-12-11-21-17-13(12)6-5-7-20-17/h5-7,10-11H,2-4,8-9H2,1H3,(H,20,21)/b14-10-. The van der Waals surface area contributed by atoms with Crippen molar-refractivity contribution in [1.82, 2.24) is 14.9 Å². The lowest BCUT2D eigenvalue weighted by molar-refractivity contribution is -0.139. The van der Waals surface area contributed by atoms with Gasteiger partial charge in [0.2, 0.25) is 11.7 Å². The van der Waals surface area contributed by atoms with Crippen LogP contribution in [0, 0.1) is 0 Å². The Bertz CT molecular complexity index is 935. The fourth-order valence-electron chi connectivity index (χ4n) is 3.28. The predicted molar refractivity (Wildman–Crippen MR) is 94.6 cm³/mol. The fourth-order valence-corrected chi connectivity index (χ4v) is 3.28. The first-order chi connectivity index (χ1) is 12.7. The number of aromatic amines is 1. The van der Waals surface area contributed by atoms with Gasteiger partial charge in [0, 0.05) is 36.4 Å². The molecule has 4 rings (SSSR count). The zero-order valence-electron chi connectivity index (χ0n) is 14.4. The number of fused-ring (bicyclic) bond motifs is 1. The van der Waals surface area contributed by atoms with Gasteiger partial charge in [0.25, 0.3) is 0 Å².